The van der Waals surface area contributed by atoms with Crippen LogP contribution < -0.4 is 15.8 Å². The zero-order valence-electron chi connectivity index (χ0n) is 11.3. The number of halogens is 2. The third kappa shape index (κ3) is 3.47. The predicted octanol–water partition coefficient (Wildman–Crippen LogP) is 3.20. The van der Waals surface area contributed by atoms with Gasteiger partial charge in [-0.1, -0.05) is 0 Å². The maximum Gasteiger partial charge on any atom is 0.258 e. The van der Waals surface area contributed by atoms with E-state index in [1.165, 1.54) is 0 Å². The Morgan fingerprint density at radius 3 is 2.52 bits per heavy atom. The van der Waals surface area contributed by atoms with Gasteiger partial charge in [0.25, 0.3) is 5.91 Å². The lowest BCUT2D eigenvalue weighted by Crippen LogP contribution is -2.15. The summed E-state index contributed by atoms with van der Waals surface area (Å²) in [7, 11) is 0. The summed E-state index contributed by atoms with van der Waals surface area (Å²) in [5.74, 6) is -1.84. The van der Waals surface area contributed by atoms with E-state index in [1.54, 1.807) is 24.3 Å². The number of anilines is 2. The number of nitrogens with two attached hydrogens (primary N) is 1. The molecule has 0 aromatic heterocycles. The second kappa shape index (κ2) is 6.21. The summed E-state index contributed by atoms with van der Waals surface area (Å²) in [6, 6.07) is 8.15. The molecule has 2 aromatic carbocycles. The van der Waals surface area contributed by atoms with Crippen molar-refractivity contribution in [2.75, 3.05) is 17.7 Å². The molecule has 2 rings (SSSR count). The van der Waals surface area contributed by atoms with Crippen LogP contribution in [0.1, 0.15) is 17.3 Å². The van der Waals surface area contributed by atoms with E-state index < -0.39 is 28.8 Å². The molecule has 6 heteroatoms. The third-order valence-corrected chi connectivity index (χ3v) is 2.73. The van der Waals surface area contributed by atoms with Crippen LogP contribution in [0.15, 0.2) is 36.4 Å². The van der Waals surface area contributed by atoms with E-state index in [-0.39, 0.29) is 0 Å². The predicted molar refractivity (Wildman–Crippen MR) is 76.3 cm³/mol. The lowest BCUT2D eigenvalue weighted by atomic mass is 10.1. The highest BCUT2D eigenvalue weighted by Gasteiger charge is 2.16. The van der Waals surface area contributed by atoms with Crippen molar-refractivity contribution in [1.82, 2.24) is 0 Å². The fourth-order valence-electron chi connectivity index (χ4n) is 1.78. The highest BCUT2D eigenvalue weighted by Crippen LogP contribution is 2.20. The van der Waals surface area contributed by atoms with Gasteiger partial charge in [-0.25, -0.2) is 8.78 Å². The molecule has 0 spiro atoms. The summed E-state index contributed by atoms with van der Waals surface area (Å²) in [5, 5.41) is 2.47. The molecule has 0 atom stereocenters. The van der Waals surface area contributed by atoms with Gasteiger partial charge in [0.2, 0.25) is 0 Å². The molecule has 0 heterocycles. The minimum absolute atomic E-state index is 0.410. The molecular weight excluding hydrogens is 278 g/mol. The van der Waals surface area contributed by atoms with Crippen molar-refractivity contribution in [3.63, 3.8) is 0 Å². The first-order valence-corrected chi connectivity index (χ1v) is 6.30. The van der Waals surface area contributed by atoms with Crippen molar-refractivity contribution in [3.05, 3.63) is 53.6 Å². The van der Waals surface area contributed by atoms with Crippen LogP contribution in [-0.4, -0.2) is 12.5 Å². The van der Waals surface area contributed by atoms with Gasteiger partial charge in [0.1, 0.15) is 11.6 Å². The maximum absolute atomic E-state index is 13.7. The Morgan fingerprint density at radius 2 is 1.90 bits per heavy atom. The highest BCUT2D eigenvalue weighted by molar-refractivity contribution is 6.05. The molecule has 0 saturated carbocycles. The van der Waals surface area contributed by atoms with E-state index in [0.29, 0.717) is 18.0 Å². The van der Waals surface area contributed by atoms with Crippen LogP contribution in [0.5, 0.6) is 5.75 Å². The SMILES string of the molecule is CCOc1ccc(NC(=O)c2cc(F)cc(N)c2F)cc1. The van der Waals surface area contributed by atoms with Crippen molar-refractivity contribution in [3.8, 4) is 5.75 Å². The second-order valence-corrected chi connectivity index (χ2v) is 4.27. The van der Waals surface area contributed by atoms with Gasteiger partial charge in [0, 0.05) is 5.69 Å². The molecule has 110 valence electrons. The van der Waals surface area contributed by atoms with Gasteiger partial charge < -0.3 is 15.8 Å². The molecule has 0 saturated heterocycles. The molecular formula is C15H14F2N2O2. The average Bonchev–Trinajstić information content (AvgIpc) is 2.45. The Hall–Kier alpha value is -2.63. The number of hydrogen-bond donors (Lipinski definition) is 2. The van der Waals surface area contributed by atoms with E-state index >= 15 is 0 Å². The lowest BCUT2D eigenvalue weighted by molar-refractivity contribution is 0.102. The minimum atomic E-state index is -0.945. The maximum atomic E-state index is 13.7. The van der Waals surface area contributed by atoms with Gasteiger partial charge >= 0.3 is 0 Å². The van der Waals surface area contributed by atoms with Crippen molar-refractivity contribution in [1.29, 1.82) is 0 Å². The molecule has 0 fully saturated rings. The van der Waals surface area contributed by atoms with Crippen molar-refractivity contribution < 1.29 is 18.3 Å². The van der Waals surface area contributed by atoms with Gasteiger partial charge in [-0.2, -0.15) is 0 Å². The fourth-order valence-corrected chi connectivity index (χ4v) is 1.78. The first-order chi connectivity index (χ1) is 10.0. The molecule has 3 N–H and O–H groups in total. The molecule has 1 amide bonds. The summed E-state index contributed by atoms with van der Waals surface area (Å²) in [6.45, 7) is 2.38. The Balaban J connectivity index is 2.18. The zero-order chi connectivity index (χ0) is 15.4. The number of nitrogen functional groups attached to an aromatic ring is 1. The summed E-state index contributed by atoms with van der Waals surface area (Å²) >= 11 is 0. The largest absolute Gasteiger partial charge is 0.494 e. The van der Waals surface area contributed by atoms with E-state index in [0.717, 1.165) is 12.1 Å². The molecule has 0 aliphatic carbocycles. The number of carbonyl (C=O) groups excluding carboxylic acids is 1. The smallest absolute Gasteiger partial charge is 0.258 e. The molecule has 0 aliphatic heterocycles. The summed E-state index contributed by atoms with van der Waals surface area (Å²) in [5.41, 5.74) is 4.88. The minimum Gasteiger partial charge on any atom is -0.494 e. The number of hydrogen-bond acceptors (Lipinski definition) is 3. The number of ether oxygens (including phenoxy) is 1. The molecule has 0 bridgehead atoms. The normalized spacial score (nSPS) is 10.2. The molecule has 0 unspecified atom stereocenters. The van der Waals surface area contributed by atoms with Crippen LogP contribution in [0.2, 0.25) is 0 Å². The monoisotopic (exact) mass is 292 g/mol. The highest BCUT2D eigenvalue weighted by atomic mass is 19.1. The number of carbonyl (C=O) groups is 1. The van der Waals surface area contributed by atoms with Crippen molar-refractivity contribution in [2.24, 2.45) is 0 Å². The first-order valence-electron chi connectivity index (χ1n) is 6.30. The van der Waals surface area contributed by atoms with Crippen LogP contribution in [0.4, 0.5) is 20.2 Å². The van der Waals surface area contributed by atoms with E-state index in [2.05, 4.69) is 5.32 Å². The Labute approximate surface area is 120 Å². The van der Waals surface area contributed by atoms with Crippen LogP contribution in [0.3, 0.4) is 0 Å². The summed E-state index contributed by atoms with van der Waals surface area (Å²) in [6.07, 6.45) is 0. The number of amides is 1. The van der Waals surface area contributed by atoms with E-state index in [1.807, 2.05) is 6.92 Å². The number of nitrogens with one attached hydrogen (secondary N) is 1. The first kappa shape index (κ1) is 14.8. The van der Waals surface area contributed by atoms with Gasteiger partial charge in [-0.15, -0.1) is 0 Å². The molecule has 0 aliphatic rings. The fraction of sp³-hybridized carbons (Fsp3) is 0.133. The summed E-state index contributed by atoms with van der Waals surface area (Å²) < 4.78 is 32.2. The summed E-state index contributed by atoms with van der Waals surface area (Å²) in [4.78, 5) is 11.9. The average molecular weight is 292 g/mol. The Bertz CT molecular complexity index is 657. The van der Waals surface area contributed by atoms with Crippen molar-refractivity contribution in [2.45, 2.75) is 6.92 Å². The molecule has 0 radical (unpaired) electrons. The number of benzene rings is 2. The van der Waals surface area contributed by atoms with Crippen LogP contribution >= 0.6 is 0 Å². The molecule has 2 aromatic rings. The van der Waals surface area contributed by atoms with Crippen LogP contribution in [0, 0.1) is 11.6 Å². The van der Waals surface area contributed by atoms with Gasteiger partial charge in [-0.3, -0.25) is 4.79 Å². The quantitative estimate of drug-likeness (QED) is 0.851. The Morgan fingerprint density at radius 1 is 1.24 bits per heavy atom. The van der Waals surface area contributed by atoms with Gasteiger partial charge in [0.05, 0.1) is 17.9 Å². The third-order valence-electron chi connectivity index (χ3n) is 2.73. The van der Waals surface area contributed by atoms with Crippen LogP contribution in [-0.2, 0) is 0 Å². The topological polar surface area (TPSA) is 64.3 Å². The van der Waals surface area contributed by atoms with Crippen LogP contribution in [0.25, 0.3) is 0 Å². The zero-order valence-corrected chi connectivity index (χ0v) is 11.3. The number of rotatable bonds is 4. The van der Waals surface area contributed by atoms with E-state index in [4.69, 9.17) is 10.5 Å². The Kier molecular flexibility index (Phi) is 4.37. The standard InChI is InChI=1S/C15H14F2N2O2/c1-2-21-11-5-3-10(4-6-11)19-15(20)12-7-9(16)8-13(18)14(12)17/h3-8H,2,18H2,1H3,(H,19,20). The second-order valence-electron chi connectivity index (χ2n) is 4.27. The molecule has 21 heavy (non-hydrogen) atoms. The lowest BCUT2D eigenvalue weighted by Gasteiger charge is -2.09. The molecule has 4 nitrogen and oxygen atoms in total. The van der Waals surface area contributed by atoms with Gasteiger partial charge in [-0.05, 0) is 43.3 Å². The van der Waals surface area contributed by atoms with Gasteiger partial charge in [0.15, 0.2) is 5.82 Å². The van der Waals surface area contributed by atoms with E-state index in [9.17, 15) is 13.6 Å². The van der Waals surface area contributed by atoms with Crippen molar-refractivity contribution >= 4 is 17.3 Å².